The van der Waals surface area contributed by atoms with Crippen molar-refractivity contribution in [1.82, 2.24) is 0 Å². The van der Waals surface area contributed by atoms with Gasteiger partial charge in [-0.1, -0.05) is 19.1 Å². The molecule has 2 aromatic rings. The van der Waals surface area contributed by atoms with E-state index < -0.39 is 23.8 Å². The molecule has 0 bridgehead atoms. The first kappa shape index (κ1) is 18.8. The van der Waals surface area contributed by atoms with Gasteiger partial charge in [-0.2, -0.15) is 13.2 Å². The van der Waals surface area contributed by atoms with Crippen LogP contribution in [0.3, 0.4) is 0 Å². The standard InChI is InChI=1S/C19H20F3NO2/c1-4-16(25-17-11-12(2)5-6-13(17)3)18(24)23-15-9-7-14(8-10-15)19(20,21)22/h5-11,16H,4H2,1-3H3,(H,23,24)/t16-/m0/s1. The van der Waals surface area contributed by atoms with E-state index in [4.69, 9.17) is 4.74 Å². The van der Waals surface area contributed by atoms with E-state index in [0.29, 0.717) is 17.9 Å². The molecular weight excluding hydrogens is 331 g/mol. The highest BCUT2D eigenvalue weighted by molar-refractivity contribution is 5.94. The predicted molar refractivity (Wildman–Crippen MR) is 90.7 cm³/mol. The molecule has 0 fully saturated rings. The van der Waals surface area contributed by atoms with Gasteiger partial charge in [0, 0.05) is 5.69 Å². The maximum Gasteiger partial charge on any atom is 0.416 e. The van der Waals surface area contributed by atoms with Crippen molar-refractivity contribution in [3.63, 3.8) is 0 Å². The molecule has 134 valence electrons. The van der Waals surface area contributed by atoms with Gasteiger partial charge in [0.1, 0.15) is 5.75 Å². The molecule has 0 aliphatic rings. The van der Waals surface area contributed by atoms with Crippen molar-refractivity contribution in [2.45, 2.75) is 39.5 Å². The van der Waals surface area contributed by atoms with Crippen LogP contribution in [0.1, 0.15) is 30.0 Å². The maximum atomic E-state index is 12.6. The first-order valence-electron chi connectivity index (χ1n) is 7.92. The second-order valence-corrected chi connectivity index (χ2v) is 5.85. The number of ether oxygens (including phenoxy) is 1. The van der Waals surface area contributed by atoms with Gasteiger partial charge in [-0.3, -0.25) is 4.79 Å². The third kappa shape index (κ3) is 4.98. The van der Waals surface area contributed by atoms with Gasteiger partial charge >= 0.3 is 6.18 Å². The highest BCUT2D eigenvalue weighted by Crippen LogP contribution is 2.30. The maximum absolute atomic E-state index is 12.6. The Balaban J connectivity index is 2.08. The minimum Gasteiger partial charge on any atom is -0.480 e. The quantitative estimate of drug-likeness (QED) is 0.812. The van der Waals surface area contributed by atoms with Crippen molar-refractivity contribution in [3.05, 3.63) is 59.2 Å². The fraction of sp³-hybridized carbons (Fsp3) is 0.316. The average molecular weight is 351 g/mol. The van der Waals surface area contributed by atoms with Gasteiger partial charge < -0.3 is 10.1 Å². The molecule has 0 aliphatic heterocycles. The summed E-state index contributed by atoms with van der Waals surface area (Å²) in [7, 11) is 0. The van der Waals surface area contributed by atoms with Gasteiger partial charge in [-0.15, -0.1) is 0 Å². The van der Waals surface area contributed by atoms with Crippen molar-refractivity contribution >= 4 is 11.6 Å². The van der Waals surface area contributed by atoms with Crippen LogP contribution in [0.25, 0.3) is 0 Å². The number of carbonyl (C=O) groups excluding carboxylic acids is 1. The molecule has 2 rings (SSSR count). The third-order valence-electron chi connectivity index (χ3n) is 3.76. The van der Waals surface area contributed by atoms with E-state index in [1.807, 2.05) is 39.0 Å². The highest BCUT2D eigenvalue weighted by atomic mass is 19.4. The molecule has 1 amide bonds. The number of rotatable bonds is 5. The van der Waals surface area contributed by atoms with Crippen LogP contribution in [0.2, 0.25) is 0 Å². The Bertz CT molecular complexity index is 739. The Morgan fingerprint density at radius 1 is 1.12 bits per heavy atom. The third-order valence-corrected chi connectivity index (χ3v) is 3.76. The van der Waals surface area contributed by atoms with Crippen LogP contribution >= 0.6 is 0 Å². The molecule has 0 heterocycles. The number of halogens is 3. The molecule has 0 saturated carbocycles. The Labute approximate surface area is 144 Å². The predicted octanol–water partition coefficient (Wildman–Crippen LogP) is 5.12. The highest BCUT2D eigenvalue weighted by Gasteiger charge is 2.30. The average Bonchev–Trinajstić information content (AvgIpc) is 2.55. The lowest BCUT2D eigenvalue weighted by atomic mass is 10.1. The van der Waals surface area contributed by atoms with E-state index in [0.717, 1.165) is 23.3 Å². The number of alkyl halides is 3. The van der Waals surface area contributed by atoms with E-state index in [2.05, 4.69) is 5.32 Å². The zero-order valence-electron chi connectivity index (χ0n) is 14.3. The summed E-state index contributed by atoms with van der Waals surface area (Å²) in [6.07, 6.45) is -4.71. The number of hydrogen-bond donors (Lipinski definition) is 1. The second kappa shape index (κ2) is 7.59. The molecule has 0 aliphatic carbocycles. The normalized spacial score (nSPS) is 12.6. The minimum absolute atomic E-state index is 0.293. The fourth-order valence-electron chi connectivity index (χ4n) is 2.28. The lowest BCUT2D eigenvalue weighted by Crippen LogP contribution is -2.32. The lowest BCUT2D eigenvalue weighted by Gasteiger charge is -2.19. The van der Waals surface area contributed by atoms with Gasteiger partial charge in [0.2, 0.25) is 0 Å². The van der Waals surface area contributed by atoms with Crippen LogP contribution in [0, 0.1) is 13.8 Å². The van der Waals surface area contributed by atoms with Gasteiger partial charge in [-0.25, -0.2) is 0 Å². The summed E-state index contributed by atoms with van der Waals surface area (Å²) in [4.78, 5) is 12.4. The SMILES string of the molecule is CC[C@H](Oc1cc(C)ccc1C)C(=O)Nc1ccc(C(F)(F)F)cc1. The van der Waals surface area contributed by atoms with Crippen molar-refractivity contribution in [2.24, 2.45) is 0 Å². The summed E-state index contributed by atoms with van der Waals surface area (Å²) in [5.74, 6) is 0.220. The molecule has 25 heavy (non-hydrogen) atoms. The summed E-state index contributed by atoms with van der Waals surface area (Å²) in [6.45, 7) is 5.62. The molecule has 0 saturated heterocycles. The Morgan fingerprint density at radius 3 is 2.32 bits per heavy atom. The summed E-state index contributed by atoms with van der Waals surface area (Å²) in [6, 6.07) is 10.0. The first-order chi connectivity index (χ1) is 11.7. The van der Waals surface area contributed by atoms with Crippen LogP contribution in [0.4, 0.5) is 18.9 Å². The largest absolute Gasteiger partial charge is 0.480 e. The zero-order valence-corrected chi connectivity index (χ0v) is 14.3. The minimum atomic E-state index is -4.40. The second-order valence-electron chi connectivity index (χ2n) is 5.85. The number of benzene rings is 2. The number of nitrogens with one attached hydrogen (secondary N) is 1. The summed E-state index contributed by atoms with van der Waals surface area (Å²) >= 11 is 0. The first-order valence-corrected chi connectivity index (χ1v) is 7.92. The van der Waals surface area contributed by atoms with Gasteiger partial charge in [-0.05, 0) is 61.7 Å². The Hall–Kier alpha value is -2.50. The fourth-order valence-corrected chi connectivity index (χ4v) is 2.28. The van der Waals surface area contributed by atoms with Crippen LogP contribution in [-0.4, -0.2) is 12.0 Å². The molecule has 0 aromatic heterocycles. The van der Waals surface area contributed by atoms with Crippen molar-refractivity contribution in [3.8, 4) is 5.75 Å². The van der Waals surface area contributed by atoms with Gasteiger partial charge in [0.15, 0.2) is 6.10 Å². The summed E-state index contributed by atoms with van der Waals surface area (Å²) < 4.78 is 43.5. The molecule has 3 nitrogen and oxygen atoms in total. The number of aryl methyl sites for hydroxylation is 2. The number of carbonyl (C=O) groups is 1. The zero-order chi connectivity index (χ0) is 18.6. The smallest absolute Gasteiger partial charge is 0.416 e. The number of anilines is 1. The Kier molecular flexibility index (Phi) is 5.72. The van der Waals surface area contributed by atoms with Crippen LogP contribution < -0.4 is 10.1 Å². The molecule has 6 heteroatoms. The monoisotopic (exact) mass is 351 g/mol. The van der Waals surface area contributed by atoms with Gasteiger partial charge in [0.05, 0.1) is 5.56 Å². The van der Waals surface area contributed by atoms with Crippen molar-refractivity contribution in [1.29, 1.82) is 0 Å². The molecule has 0 spiro atoms. The molecule has 2 aromatic carbocycles. The van der Waals surface area contributed by atoms with E-state index in [1.54, 1.807) is 0 Å². The molecule has 1 atom stereocenters. The van der Waals surface area contributed by atoms with Crippen LogP contribution in [-0.2, 0) is 11.0 Å². The summed E-state index contributed by atoms with van der Waals surface area (Å²) in [5, 5.41) is 2.59. The molecular formula is C19H20F3NO2. The lowest BCUT2D eigenvalue weighted by molar-refractivity contribution is -0.137. The Morgan fingerprint density at radius 2 is 1.76 bits per heavy atom. The summed E-state index contributed by atoms with van der Waals surface area (Å²) in [5.41, 5.74) is 1.45. The van der Waals surface area contributed by atoms with Crippen molar-refractivity contribution < 1.29 is 22.7 Å². The van der Waals surface area contributed by atoms with Crippen LogP contribution in [0.15, 0.2) is 42.5 Å². The van der Waals surface area contributed by atoms with Gasteiger partial charge in [0.25, 0.3) is 5.91 Å². The molecule has 0 radical (unpaired) electrons. The molecule has 1 N–H and O–H groups in total. The van der Waals surface area contributed by atoms with E-state index in [9.17, 15) is 18.0 Å². The van der Waals surface area contributed by atoms with Crippen molar-refractivity contribution in [2.75, 3.05) is 5.32 Å². The number of amides is 1. The topological polar surface area (TPSA) is 38.3 Å². The van der Waals surface area contributed by atoms with E-state index >= 15 is 0 Å². The number of hydrogen-bond acceptors (Lipinski definition) is 2. The van der Waals surface area contributed by atoms with Crippen LogP contribution in [0.5, 0.6) is 5.75 Å². The van der Waals surface area contributed by atoms with E-state index in [1.165, 1.54) is 12.1 Å². The van der Waals surface area contributed by atoms with E-state index in [-0.39, 0.29) is 0 Å². The molecule has 0 unspecified atom stereocenters.